The molecule has 1 aromatic heterocycles. The highest BCUT2D eigenvalue weighted by Gasteiger charge is 2.09. The van der Waals surface area contributed by atoms with Crippen LogP contribution in [0.2, 0.25) is 0 Å². The highest BCUT2D eigenvalue weighted by molar-refractivity contribution is 5.81. The van der Waals surface area contributed by atoms with Crippen LogP contribution in [0.1, 0.15) is 18.0 Å². The number of fused-ring (bicyclic) bond motifs is 1. The molecule has 0 spiro atoms. The van der Waals surface area contributed by atoms with E-state index in [1.165, 1.54) is 0 Å². The molecule has 15 heavy (non-hydrogen) atoms. The molecule has 0 saturated carbocycles. The molecule has 0 fully saturated rings. The molecule has 0 saturated heterocycles. The van der Waals surface area contributed by atoms with Gasteiger partial charge in [0.1, 0.15) is 0 Å². The minimum Gasteiger partial charge on any atom is -0.323 e. The molecule has 1 heterocycles. The van der Waals surface area contributed by atoms with E-state index < -0.39 is 0 Å². The number of nitrogens with two attached hydrogens (primary N) is 1. The van der Waals surface area contributed by atoms with Crippen LogP contribution in [-0.2, 0) is 0 Å². The van der Waals surface area contributed by atoms with Crippen molar-refractivity contribution in [2.45, 2.75) is 12.5 Å². The van der Waals surface area contributed by atoms with Gasteiger partial charge in [-0.2, -0.15) is 5.26 Å². The predicted molar refractivity (Wildman–Crippen MR) is 58.9 cm³/mol. The van der Waals surface area contributed by atoms with Gasteiger partial charge < -0.3 is 5.73 Å². The van der Waals surface area contributed by atoms with Gasteiger partial charge in [0.25, 0.3) is 0 Å². The maximum atomic E-state index is 8.62. The fourth-order valence-corrected chi connectivity index (χ4v) is 1.64. The Balaban J connectivity index is 2.56. The van der Waals surface area contributed by atoms with Crippen molar-refractivity contribution in [1.29, 1.82) is 5.26 Å². The maximum absolute atomic E-state index is 8.62. The fourth-order valence-electron chi connectivity index (χ4n) is 1.64. The van der Waals surface area contributed by atoms with E-state index in [0.29, 0.717) is 6.42 Å². The topological polar surface area (TPSA) is 62.7 Å². The van der Waals surface area contributed by atoms with Crippen molar-refractivity contribution in [3.63, 3.8) is 0 Å². The number of para-hydroxylation sites is 1. The molecular weight excluding hydrogens is 186 g/mol. The summed E-state index contributed by atoms with van der Waals surface area (Å²) in [5.41, 5.74) is 7.74. The lowest BCUT2D eigenvalue weighted by molar-refractivity contribution is 0.753. The molecule has 1 unspecified atom stereocenters. The van der Waals surface area contributed by atoms with Crippen molar-refractivity contribution in [1.82, 2.24) is 4.98 Å². The minimum absolute atomic E-state index is 0.256. The molecule has 2 N–H and O–H groups in total. The summed E-state index contributed by atoms with van der Waals surface area (Å²) in [5.74, 6) is 0. The van der Waals surface area contributed by atoms with E-state index in [4.69, 9.17) is 11.0 Å². The molecule has 3 nitrogen and oxygen atoms in total. The lowest BCUT2D eigenvalue weighted by Gasteiger charge is -2.10. The molecule has 2 aromatic rings. The molecular formula is C12H11N3. The van der Waals surface area contributed by atoms with Crippen LogP contribution in [0.25, 0.3) is 10.9 Å². The standard InChI is InChI=1S/C12H11N3/c13-7-6-11(14)10-5-1-3-9-4-2-8-15-12(9)10/h1-5,8,11H,6,14H2. The van der Waals surface area contributed by atoms with Crippen LogP contribution in [0.15, 0.2) is 36.5 Å². The Morgan fingerprint density at radius 1 is 1.33 bits per heavy atom. The average Bonchev–Trinajstić information content (AvgIpc) is 2.28. The first-order valence-electron chi connectivity index (χ1n) is 4.79. The zero-order valence-electron chi connectivity index (χ0n) is 8.22. The van der Waals surface area contributed by atoms with Crippen LogP contribution >= 0.6 is 0 Å². The van der Waals surface area contributed by atoms with E-state index in [1.807, 2.05) is 30.3 Å². The van der Waals surface area contributed by atoms with Crippen LogP contribution in [0, 0.1) is 11.3 Å². The number of hydrogen-bond donors (Lipinski definition) is 1. The molecule has 0 aliphatic rings. The van der Waals surface area contributed by atoms with Gasteiger partial charge in [-0.15, -0.1) is 0 Å². The summed E-state index contributed by atoms with van der Waals surface area (Å²) in [6.45, 7) is 0. The lowest BCUT2D eigenvalue weighted by atomic mass is 10.0. The number of rotatable bonds is 2. The number of nitriles is 1. The molecule has 0 aliphatic carbocycles. The van der Waals surface area contributed by atoms with Crippen LogP contribution in [0.4, 0.5) is 0 Å². The zero-order valence-corrected chi connectivity index (χ0v) is 8.22. The highest BCUT2D eigenvalue weighted by Crippen LogP contribution is 2.22. The molecule has 3 heteroatoms. The van der Waals surface area contributed by atoms with Gasteiger partial charge in [-0.05, 0) is 11.6 Å². The summed E-state index contributed by atoms with van der Waals surface area (Å²) >= 11 is 0. The van der Waals surface area contributed by atoms with E-state index in [1.54, 1.807) is 6.20 Å². The number of pyridine rings is 1. The number of benzene rings is 1. The SMILES string of the molecule is N#CCC(N)c1cccc2cccnc12. The smallest absolute Gasteiger partial charge is 0.0750 e. The van der Waals surface area contributed by atoms with Gasteiger partial charge in [0.15, 0.2) is 0 Å². The van der Waals surface area contributed by atoms with E-state index in [-0.39, 0.29) is 6.04 Å². The van der Waals surface area contributed by atoms with Gasteiger partial charge in [-0.25, -0.2) is 0 Å². The Bertz CT molecular complexity index is 508. The normalized spacial score (nSPS) is 12.3. The summed E-state index contributed by atoms with van der Waals surface area (Å²) in [5, 5.41) is 9.68. The molecule has 0 aliphatic heterocycles. The Morgan fingerprint density at radius 3 is 2.93 bits per heavy atom. The molecule has 2 rings (SSSR count). The molecule has 74 valence electrons. The van der Waals surface area contributed by atoms with Crippen molar-refractivity contribution < 1.29 is 0 Å². The first kappa shape index (κ1) is 9.63. The van der Waals surface area contributed by atoms with Crippen LogP contribution in [0.3, 0.4) is 0 Å². The monoisotopic (exact) mass is 197 g/mol. The summed E-state index contributed by atoms with van der Waals surface area (Å²) in [6, 6.07) is 11.6. The Kier molecular flexibility index (Phi) is 2.61. The molecule has 0 bridgehead atoms. The van der Waals surface area contributed by atoms with Gasteiger partial charge in [-0.1, -0.05) is 24.3 Å². The second kappa shape index (κ2) is 4.07. The van der Waals surface area contributed by atoms with E-state index in [0.717, 1.165) is 16.5 Å². The third-order valence-electron chi connectivity index (χ3n) is 2.37. The maximum Gasteiger partial charge on any atom is 0.0750 e. The number of aromatic nitrogens is 1. The highest BCUT2D eigenvalue weighted by atomic mass is 14.7. The van der Waals surface area contributed by atoms with Crippen molar-refractivity contribution >= 4 is 10.9 Å². The second-order valence-corrected chi connectivity index (χ2v) is 3.39. The molecule has 1 aromatic carbocycles. The third-order valence-corrected chi connectivity index (χ3v) is 2.37. The van der Waals surface area contributed by atoms with Crippen LogP contribution < -0.4 is 5.73 Å². The first-order valence-corrected chi connectivity index (χ1v) is 4.79. The second-order valence-electron chi connectivity index (χ2n) is 3.39. The predicted octanol–water partition coefficient (Wildman–Crippen LogP) is 2.15. The summed E-state index contributed by atoms with van der Waals surface area (Å²) in [4.78, 5) is 4.30. The summed E-state index contributed by atoms with van der Waals surface area (Å²) in [7, 11) is 0. The van der Waals surface area contributed by atoms with E-state index in [9.17, 15) is 0 Å². The van der Waals surface area contributed by atoms with Crippen molar-refractivity contribution in [3.8, 4) is 6.07 Å². The lowest BCUT2D eigenvalue weighted by Crippen LogP contribution is -2.10. The Labute approximate surface area is 88.2 Å². The van der Waals surface area contributed by atoms with Gasteiger partial charge in [0.05, 0.1) is 18.0 Å². The molecule has 0 amide bonds. The first-order chi connectivity index (χ1) is 7.33. The fraction of sp³-hybridized carbons (Fsp3) is 0.167. The number of hydrogen-bond acceptors (Lipinski definition) is 3. The van der Waals surface area contributed by atoms with Crippen molar-refractivity contribution in [2.24, 2.45) is 5.73 Å². The van der Waals surface area contributed by atoms with Crippen LogP contribution in [-0.4, -0.2) is 4.98 Å². The quantitative estimate of drug-likeness (QED) is 0.802. The van der Waals surface area contributed by atoms with Gasteiger partial charge in [0.2, 0.25) is 0 Å². The zero-order chi connectivity index (χ0) is 10.7. The molecule has 0 radical (unpaired) electrons. The van der Waals surface area contributed by atoms with E-state index in [2.05, 4.69) is 11.1 Å². The number of nitrogens with zero attached hydrogens (tertiary/aromatic N) is 2. The van der Waals surface area contributed by atoms with Crippen molar-refractivity contribution in [3.05, 3.63) is 42.1 Å². The minimum atomic E-state index is -0.256. The Hall–Kier alpha value is -1.92. The molecule has 1 atom stereocenters. The van der Waals surface area contributed by atoms with Gasteiger partial charge in [-0.3, -0.25) is 4.98 Å². The van der Waals surface area contributed by atoms with Gasteiger partial charge >= 0.3 is 0 Å². The summed E-state index contributed by atoms with van der Waals surface area (Å²) < 4.78 is 0. The van der Waals surface area contributed by atoms with E-state index >= 15 is 0 Å². The van der Waals surface area contributed by atoms with Crippen molar-refractivity contribution in [2.75, 3.05) is 0 Å². The largest absolute Gasteiger partial charge is 0.323 e. The third kappa shape index (κ3) is 1.80. The Morgan fingerprint density at radius 2 is 2.13 bits per heavy atom. The summed E-state index contributed by atoms with van der Waals surface area (Å²) in [6.07, 6.45) is 2.06. The average molecular weight is 197 g/mol. The van der Waals surface area contributed by atoms with Gasteiger partial charge in [0, 0.05) is 17.6 Å². The van der Waals surface area contributed by atoms with Crippen LogP contribution in [0.5, 0.6) is 0 Å².